The lowest BCUT2D eigenvalue weighted by Crippen LogP contribution is -2.48. The van der Waals surface area contributed by atoms with E-state index < -0.39 is 0 Å². The second-order valence-electron chi connectivity index (χ2n) is 8.40. The maximum absolute atomic E-state index is 13.1. The molecule has 1 aliphatic heterocycles. The van der Waals surface area contributed by atoms with Crippen molar-refractivity contribution >= 4 is 17.7 Å². The van der Waals surface area contributed by atoms with Crippen LogP contribution in [0.25, 0.3) is 17.1 Å². The number of likely N-dealkylation sites (tertiary alicyclic amines) is 1. The number of nitrogens with zero attached hydrogens (tertiary/aromatic N) is 4. The Morgan fingerprint density at radius 1 is 1.06 bits per heavy atom. The maximum Gasteiger partial charge on any atom is 0.233 e. The van der Waals surface area contributed by atoms with Crippen molar-refractivity contribution in [3.05, 3.63) is 54.1 Å². The number of benzene rings is 2. The first-order valence-corrected chi connectivity index (χ1v) is 12.1. The number of aryl methyl sites for hydroxylation is 1. The second kappa shape index (κ2) is 9.77. The van der Waals surface area contributed by atoms with Gasteiger partial charge in [-0.3, -0.25) is 9.36 Å². The van der Waals surface area contributed by atoms with Crippen LogP contribution >= 0.6 is 11.8 Å². The van der Waals surface area contributed by atoms with E-state index >= 15 is 0 Å². The van der Waals surface area contributed by atoms with Crippen LogP contribution in [0.1, 0.15) is 38.7 Å². The summed E-state index contributed by atoms with van der Waals surface area (Å²) in [4.78, 5) is 15.1. The number of thioether (sulfide) groups is 1. The fourth-order valence-corrected chi connectivity index (χ4v) is 5.23. The largest absolute Gasteiger partial charge is 0.496 e. The van der Waals surface area contributed by atoms with E-state index in [9.17, 15) is 4.79 Å². The lowest BCUT2D eigenvalue weighted by molar-refractivity contribution is -0.134. The molecule has 2 unspecified atom stereocenters. The standard InChI is InChI=1S/C25H30N4O2S/c1-17-12-14-20(15-13-17)29-24(21-10-5-6-11-22(21)31-4)26-27-25(29)32-16-23(30)28-18(2)8-7-9-19(28)3/h5-6,10-15,18-19H,7-9,16H2,1-4H3. The highest BCUT2D eigenvalue weighted by Crippen LogP contribution is 2.33. The van der Waals surface area contributed by atoms with E-state index in [0.717, 1.165) is 29.8 Å². The third-order valence-electron chi connectivity index (χ3n) is 6.08. The Morgan fingerprint density at radius 2 is 1.75 bits per heavy atom. The summed E-state index contributed by atoms with van der Waals surface area (Å²) < 4.78 is 7.58. The van der Waals surface area contributed by atoms with Gasteiger partial charge in [0, 0.05) is 17.8 Å². The number of piperidine rings is 1. The van der Waals surface area contributed by atoms with E-state index in [0.29, 0.717) is 16.7 Å². The van der Waals surface area contributed by atoms with E-state index in [4.69, 9.17) is 4.74 Å². The summed E-state index contributed by atoms with van der Waals surface area (Å²) in [7, 11) is 1.65. The minimum atomic E-state index is 0.159. The van der Waals surface area contributed by atoms with Crippen LogP contribution in [0.4, 0.5) is 0 Å². The van der Waals surface area contributed by atoms with Crippen LogP contribution in [0.5, 0.6) is 5.75 Å². The number of aromatic nitrogens is 3. The highest BCUT2D eigenvalue weighted by molar-refractivity contribution is 7.99. The van der Waals surface area contributed by atoms with Gasteiger partial charge in [0.15, 0.2) is 11.0 Å². The molecule has 32 heavy (non-hydrogen) atoms. The number of carbonyl (C=O) groups is 1. The summed E-state index contributed by atoms with van der Waals surface area (Å²) in [5.41, 5.74) is 2.99. The van der Waals surface area contributed by atoms with Gasteiger partial charge in [-0.05, 0) is 64.3 Å². The number of para-hydroxylation sites is 1. The number of hydrogen-bond donors (Lipinski definition) is 0. The molecule has 1 aromatic heterocycles. The van der Waals surface area contributed by atoms with Crippen LogP contribution < -0.4 is 4.74 Å². The zero-order chi connectivity index (χ0) is 22.7. The maximum atomic E-state index is 13.1. The summed E-state index contributed by atoms with van der Waals surface area (Å²) in [6, 6.07) is 16.6. The van der Waals surface area contributed by atoms with E-state index in [-0.39, 0.29) is 18.0 Å². The average molecular weight is 451 g/mol. The molecule has 7 heteroatoms. The SMILES string of the molecule is COc1ccccc1-c1nnc(SCC(=O)N2C(C)CCCC2C)n1-c1ccc(C)cc1. The molecule has 168 valence electrons. The number of carbonyl (C=O) groups excluding carboxylic acids is 1. The molecule has 0 N–H and O–H groups in total. The van der Waals surface area contributed by atoms with Gasteiger partial charge < -0.3 is 9.64 Å². The molecule has 0 saturated carbocycles. The van der Waals surface area contributed by atoms with Crippen molar-refractivity contribution in [3.8, 4) is 22.8 Å². The number of hydrogen-bond acceptors (Lipinski definition) is 5. The van der Waals surface area contributed by atoms with Crippen LogP contribution in [0.2, 0.25) is 0 Å². The Labute approximate surface area is 194 Å². The smallest absolute Gasteiger partial charge is 0.233 e. The van der Waals surface area contributed by atoms with Crippen LogP contribution in [0, 0.1) is 6.92 Å². The molecule has 2 atom stereocenters. The molecule has 0 bridgehead atoms. The molecular weight excluding hydrogens is 420 g/mol. The van der Waals surface area contributed by atoms with Gasteiger partial charge in [0.25, 0.3) is 0 Å². The lowest BCUT2D eigenvalue weighted by Gasteiger charge is -2.39. The Morgan fingerprint density at radius 3 is 2.44 bits per heavy atom. The van der Waals surface area contributed by atoms with Gasteiger partial charge in [0.1, 0.15) is 5.75 Å². The minimum Gasteiger partial charge on any atom is -0.496 e. The van der Waals surface area contributed by atoms with Gasteiger partial charge in [-0.1, -0.05) is 41.6 Å². The Bertz CT molecular complexity index is 1070. The summed E-state index contributed by atoms with van der Waals surface area (Å²) in [6.07, 6.45) is 3.32. The molecule has 4 rings (SSSR count). The molecule has 1 fully saturated rings. The van der Waals surface area contributed by atoms with Crippen molar-refractivity contribution in [3.63, 3.8) is 0 Å². The van der Waals surface area contributed by atoms with Crippen molar-refractivity contribution in [2.45, 2.75) is 57.3 Å². The predicted molar refractivity (Wildman–Crippen MR) is 128 cm³/mol. The molecule has 1 saturated heterocycles. The van der Waals surface area contributed by atoms with Gasteiger partial charge in [-0.15, -0.1) is 10.2 Å². The molecule has 3 aromatic rings. The minimum absolute atomic E-state index is 0.159. The molecule has 2 heterocycles. The van der Waals surface area contributed by atoms with Crippen LogP contribution in [0.15, 0.2) is 53.7 Å². The van der Waals surface area contributed by atoms with Crippen molar-refractivity contribution in [2.24, 2.45) is 0 Å². The van der Waals surface area contributed by atoms with E-state index in [1.165, 1.54) is 23.7 Å². The highest BCUT2D eigenvalue weighted by atomic mass is 32.2. The third-order valence-corrected chi connectivity index (χ3v) is 6.99. The first-order chi connectivity index (χ1) is 15.5. The molecular formula is C25H30N4O2S. The summed E-state index contributed by atoms with van der Waals surface area (Å²) in [5.74, 6) is 1.93. The average Bonchev–Trinajstić information content (AvgIpc) is 3.21. The predicted octanol–water partition coefficient (Wildman–Crippen LogP) is 5.13. The molecule has 0 spiro atoms. The van der Waals surface area contributed by atoms with Crippen molar-refractivity contribution in [2.75, 3.05) is 12.9 Å². The number of rotatable bonds is 6. The molecule has 1 aliphatic rings. The van der Waals surface area contributed by atoms with Gasteiger partial charge >= 0.3 is 0 Å². The molecule has 0 radical (unpaired) electrons. The quantitative estimate of drug-likeness (QED) is 0.487. The van der Waals surface area contributed by atoms with Gasteiger partial charge in [-0.25, -0.2) is 0 Å². The van der Waals surface area contributed by atoms with E-state index in [1.807, 2.05) is 33.7 Å². The molecule has 6 nitrogen and oxygen atoms in total. The van der Waals surface area contributed by atoms with Crippen molar-refractivity contribution in [1.82, 2.24) is 19.7 Å². The van der Waals surface area contributed by atoms with E-state index in [1.54, 1.807) is 7.11 Å². The summed E-state index contributed by atoms with van der Waals surface area (Å²) in [6.45, 7) is 6.35. The van der Waals surface area contributed by atoms with Crippen molar-refractivity contribution in [1.29, 1.82) is 0 Å². The molecule has 2 aromatic carbocycles. The Balaban J connectivity index is 1.67. The Hall–Kier alpha value is -2.80. The second-order valence-corrected chi connectivity index (χ2v) is 9.34. The summed E-state index contributed by atoms with van der Waals surface area (Å²) in [5, 5.41) is 9.67. The fourth-order valence-electron chi connectivity index (χ4n) is 4.41. The van der Waals surface area contributed by atoms with Crippen LogP contribution in [-0.4, -0.2) is 50.5 Å². The highest BCUT2D eigenvalue weighted by Gasteiger charge is 2.29. The van der Waals surface area contributed by atoms with Gasteiger partial charge in [0.05, 0.1) is 18.4 Å². The Kier molecular flexibility index (Phi) is 6.84. The first kappa shape index (κ1) is 22.4. The topological polar surface area (TPSA) is 60.3 Å². The molecule has 1 amide bonds. The third kappa shape index (κ3) is 4.53. The molecule has 0 aliphatic carbocycles. The van der Waals surface area contributed by atoms with Crippen molar-refractivity contribution < 1.29 is 9.53 Å². The number of methoxy groups -OCH3 is 1. The fraction of sp³-hybridized carbons (Fsp3) is 0.400. The lowest BCUT2D eigenvalue weighted by atomic mass is 9.98. The van der Waals surface area contributed by atoms with Crippen LogP contribution in [0.3, 0.4) is 0 Å². The normalized spacial score (nSPS) is 18.6. The summed E-state index contributed by atoms with van der Waals surface area (Å²) >= 11 is 1.44. The van der Waals surface area contributed by atoms with Gasteiger partial charge in [0.2, 0.25) is 5.91 Å². The zero-order valence-electron chi connectivity index (χ0n) is 19.1. The number of amides is 1. The van der Waals surface area contributed by atoms with E-state index in [2.05, 4.69) is 55.2 Å². The zero-order valence-corrected chi connectivity index (χ0v) is 19.9. The van der Waals surface area contributed by atoms with Crippen LogP contribution in [-0.2, 0) is 4.79 Å². The first-order valence-electron chi connectivity index (χ1n) is 11.1. The monoisotopic (exact) mass is 450 g/mol. The van der Waals surface area contributed by atoms with Gasteiger partial charge in [-0.2, -0.15) is 0 Å². The number of ether oxygens (including phenoxy) is 1.